The molecule has 0 aliphatic rings. The Hall–Kier alpha value is -3.73. The van der Waals surface area contributed by atoms with Gasteiger partial charge >= 0.3 is 5.97 Å². The van der Waals surface area contributed by atoms with Crippen molar-refractivity contribution >= 4 is 17.3 Å². The second-order valence-corrected chi connectivity index (χ2v) is 6.45. The van der Waals surface area contributed by atoms with E-state index in [9.17, 15) is 9.59 Å². The molecule has 0 bridgehead atoms. The molecule has 0 fully saturated rings. The van der Waals surface area contributed by atoms with Gasteiger partial charge in [0.1, 0.15) is 0 Å². The minimum absolute atomic E-state index is 0.128. The first-order valence-electron chi connectivity index (χ1n) is 8.86. The van der Waals surface area contributed by atoms with E-state index in [4.69, 9.17) is 4.74 Å². The third-order valence-corrected chi connectivity index (χ3v) is 4.72. The molecule has 138 valence electrons. The van der Waals surface area contributed by atoms with Crippen molar-refractivity contribution in [3.05, 3.63) is 95.4 Å². The monoisotopic (exact) mass is 370 g/mol. The lowest BCUT2D eigenvalue weighted by atomic mass is 10.0. The molecule has 2 aromatic heterocycles. The molecule has 4 aromatic rings. The van der Waals surface area contributed by atoms with Gasteiger partial charge in [-0.3, -0.25) is 9.20 Å². The van der Waals surface area contributed by atoms with E-state index in [0.717, 1.165) is 16.6 Å². The van der Waals surface area contributed by atoms with E-state index in [-0.39, 0.29) is 5.78 Å². The molecule has 0 unspecified atom stereocenters. The maximum Gasteiger partial charge on any atom is 0.337 e. The number of aryl methyl sites for hydroxylation is 1. The van der Waals surface area contributed by atoms with E-state index in [0.29, 0.717) is 22.6 Å². The molecule has 0 aliphatic carbocycles. The van der Waals surface area contributed by atoms with Crippen molar-refractivity contribution in [2.75, 3.05) is 7.11 Å². The summed E-state index contributed by atoms with van der Waals surface area (Å²) < 4.78 is 6.55. The normalized spacial score (nSPS) is 10.8. The van der Waals surface area contributed by atoms with Gasteiger partial charge in [-0.2, -0.15) is 0 Å². The van der Waals surface area contributed by atoms with Crippen molar-refractivity contribution in [3.8, 4) is 11.3 Å². The van der Waals surface area contributed by atoms with Crippen molar-refractivity contribution in [3.63, 3.8) is 0 Å². The van der Waals surface area contributed by atoms with Gasteiger partial charge in [-0.1, -0.05) is 42.5 Å². The molecule has 0 aliphatic heterocycles. The van der Waals surface area contributed by atoms with Crippen LogP contribution in [0.15, 0.2) is 72.9 Å². The van der Waals surface area contributed by atoms with Crippen molar-refractivity contribution in [2.24, 2.45) is 0 Å². The maximum atomic E-state index is 13.2. The molecular formula is C23H18N2O3. The summed E-state index contributed by atoms with van der Waals surface area (Å²) in [5, 5.41) is 0. The number of fused-ring (bicyclic) bond motifs is 1. The van der Waals surface area contributed by atoms with Gasteiger partial charge in [-0.25, -0.2) is 9.78 Å². The van der Waals surface area contributed by atoms with E-state index in [2.05, 4.69) is 4.98 Å². The van der Waals surface area contributed by atoms with E-state index in [1.165, 1.54) is 7.11 Å². The van der Waals surface area contributed by atoms with Crippen LogP contribution in [0.1, 0.15) is 32.1 Å². The molecule has 2 heterocycles. The van der Waals surface area contributed by atoms with E-state index in [1.54, 1.807) is 16.5 Å². The third-order valence-electron chi connectivity index (χ3n) is 4.72. The zero-order valence-corrected chi connectivity index (χ0v) is 15.5. The Labute approximate surface area is 162 Å². The SMILES string of the molecule is COC(=O)c1ccc(-c2nc(C(=O)c3ccccc3C)n3ccccc23)cc1. The summed E-state index contributed by atoms with van der Waals surface area (Å²) in [5.74, 6) is -0.162. The van der Waals surface area contributed by atoms with Crippen LogP contribution in [0.25, 0.3) is 16.8 Å². The number of imidazole rings is 1. The molecule has 0 saturated heterocycles. The number of hydrogen-bond donors (Lipinski definition) is 0. The van der Waals surface area contributed by atoms with E-state index in [1.807, 2.05) is 67.7 Å². The summed E-state index contributed by atoms with van der Waals surface area (Å²) in [6.07, 6.45) is 1.83. The first kappa shape index (κ1) is 17.7. The van der Waals surface area contributed by atoms with E-state index >= 15 is 0 Å². The first-order valence-corrected chi connectivity index (χ1v) is 8.86. The zero-order valence-electron chi connectivity index (χ0n) is 15.5. The average molecular weight is 370 g/mol. The van der Waals surface area contributed by atoms with Gasteiger partial charge in [0.25, 0.3) is 0 Å². The number of benzene rings is 2. The standard InChI is InChI=1S/C23H18N2O3/c1-15-7-3-4-8-18(15)21(26)22-24-20(19-9-5-6-14-25(19)22)16-10-12-17(13-11-16)23(27)28-2/h3-14H,1-2H3. The van der Waals surface area contributed by atoms with Gasteiger partial charge in [-0.15, -0.1) is 0 Å². The highest BCUT2D eigenvalue weighted by Crippen LogP contribution is 2.27. The Morgan fingerprint density at radius 1 is 0.929 bits per heavy atom. The number of ketones is 1. The van der Waals surface area contributed by atoms with Crippen molar-refractivity contribution < 1.29 is 14.3 Å². The molecule has 28 heavy (non-hydrogen) atoms. The highest BCUT2D eigenvalue weighted by molar-refractivity contribution is 6.09. The fraction of sp³-hybridized carbons (Fsp3) is 0.0870. The predicted molar refractivity (Wildman–Crippen MR) is 107 cm³/mol. The summed E-state index contributed by atoms with van der Waals surface area (Å²) in [4.78, 5) is 29.5. The maximum absolute atomic E-state index is 13.2. The van der Waals surface area contributed by atoms with Crippen molar-refractivity contribution in [1.29, 1.82) is 0 Å². The fourth-order valence-corrected chi connectivity index (χ4v) is 3.24. The molecule has 2 aromatic carbocycles. The quantitative estimate of drug-likeness (QED) is 0.396. The molecule has 5 heteroatoms. The summed E-state index contributed by atoms with van der Waals surface area (Å²) in [6, 6.07) is 20.2. The molecule has 0 amide bonds. The summed E-state index contributed by atoms with van der Waals surface area (Å²) in [7, 11) is 1.35. The number of carbonyl (C=O) groups excluding carboxylic acids is 2. The number of esters is 1. The molecule has 0 radical (unpaired) electrons. The number of pyridine rings is 1. The topological polar surface area (TPSA) is 60.7 Å². The Kier molecular flexibility index (Phi) is 4.49. The highest BCUT2D eigenvalue weighted by atomic mass is 16.5. The Bertz CT molecular complexity index is 1190. The smallest absolute Gasteiger partial charge is 0.337 e. The van der Waals surface area contributed by atoms with Gasteiger partial charge < -0.3 is 4.74 Å². The third kappa shape index (κ3) is 2.97. The minimum Gasteiger partial charge on any atom is -0.465 e. The van der Waals surface area contributed by atoms with Gasteiger partial charge in [0.05, 0.1) is 23.9 Å². The molecular weight excluding hydrogens is 352 g/mol. The summed E-state index contributed by atoms with van der Waals surface area (Å²) >= 11 is 0. The number of rotatable bonds is 4. The lowest BCUT2D eigenvalue weighted by molar-refractivity contribution is 0.0600. The van der Waals surface area contributed by atoms with Gasteiger partial charge in [0, 0.05) is 17.3 Å². The molecule has 5 nitrogen and oxygen atoms in total. The number of nitrogens with zero attached hydrogens (tertiary/aromatic N) is 2. The van der Waals surface area contributed by atoms with E-state index < -0.39 is 5.97 Å². The predicted octanol–water partition coefficient (Wildman–Crippen LogP) is 4.33. The lowest BCUT2D eigenvalue weighted by Crippen LogP contribution is -2.08. The van der Waals surface area contributed by atoms with Gasteiger partial charge in [-0.05, 0) is 36.8 Å². The van der Waals surface area contributed by atoms with Crippen LogP contribution in [-0.2, 0) is 4.74 Å². The van der Waals surface area contributed by atoms with Gasteiger partial charge in [0.15, 0.2) is 5.82 Å². The Morgan fingerprint density at radius 3 is 2.36 bits per heavy atom. The van der Waals surface area contributed by atoms with Crippen LogP contribution in [-0.4, -0.2) is 28.2 Å². The van der Waals surface area contributed by atoms with Crippen LogP contribution in [0.2, 0.25) is 0 Å². The Balaban J connectivity index is 1.84. The zero-order chi connectivity index (χ0) is 19.7. The largest absolute Gasteiger partial charge is 0.465 e. The first-order chi connectivity index (χ1) is 13.6. The molecule has 4 rings (SSSR count). The molecule has 0 saturated carbocycles. The minimum atomic E-state index is -0.392. The average Bonchev–Trinajstić information content (AvgIpc) is 3.13. The number of methoxy groups -OCH3 is 1. The second kappa shape index (κ2) is 7.12. The number of carbonyl (C=O) groups is 2. The molecule has 0 spiro atoms. The number of ether oxygens (including phenoxy) is 1. The van der Waals surface area contributed by atoms with Gasteiger partial charge in [0.2, 0.25) is 5.78 Å². The van der Waals surface area contributed by atoms with Crippen molar-refractivity contribution in [1.82, 2.24) is 9.38 Å². The highest BCUT2D eigenvalue weighted by Gasteiger charge is 2.20. The summed E-state index contributed by atoms with van der Waals surface area (Å²) in [6.45, 7) is 1.91. The summed E-state index contributed by atoms with van der Waals surface area (Å²) in [5.41, 5.74) is 4.33. The second-order valence-electron chi connectivity index (χ2n) is 6.45. The van der Waals surface area contributed by atoms with Crippen LogP contribution >= 0.6 is 0 Å². The van der Waals surface area contributed by atoms with Crippen LogP contribution in [0.3, 0.4) is 0 Å². The lowest BCUT2D eigenvalue weighted by Gasteiger charge is -2.03. The van der Waals surface area contributed by atoms with Crippen LogP contribution < -0.4 is 0 Å². The Morgan fingerprint density at radius 2 is 1.64 bits per heavy atom. The molecule has 0 N–H and O–H groups in total. The fourth-order valence-electron chi connectivity index (χ4n) is 3.24. The van der Waals surface area contributed by atoms with Crippen LogP contribution in [0.4, 0.5) is 0 Å². The van der Waals surface area contributed by atoms with Crippen LogP contribution in [0, 0.1) is 6.92 Å². The number of hydrogen-bond acceptors (Lipinski definition) is 4. The van der Waals surface area contributed by atoms with Crippen molar-refractivity contribution in [2.45, 2.75) is 6.92 Å². The molecule has 0 atom stereocenters. The van der Waals surface area contributed by atoms with Crippen LogP contribution in [0.5, 0.6) is 0 Å². The number of aromatic nitrogens is 2.